The van der Waals surface area contributed by atoms with Gasteiger partial charge in [-0.3, -0.25) is 4.79 Å². The minimum Gasteiger partial charge on any atom is -0.383 e. The highest BCUT2D eigenvalue weighted by Gasteiger charge is 2.11. The van der Waals surface area contributed by atoms with Crippen LogP contribution in [0.25, 0.3) is 5.57 Å². The molecule has 18 heavy (non-hydrogen) atoms. The third kappa shape index (κ3) is 3.49. The van der Waals surface area contributed by atoms with E-state index in [9.17, 15) is 4.79 Å². The van der Waals surface area contributed by atoms with Crippen molar-refractivity contribution in [2.24, 2.45) is 5.73 Å². The number of nitrogens with zero attached hydrogens (tertiary/aromatic N) is 2. The van der Waals surface area contributed by atoms with Crippen LogP contribution >= 0.6 is 0 Å². The van der Waals surface area contributed by atoms with Gasteiger partial charge in [-0.1, -0.05) is 30.3 Å². The highest BCUT2D eigenvalue weighted by atomic mass is 16.1. The van der Waals surface area contributed by atoms with Gasteiger partial charge < -0.3 is 10.6 Å². The van der Waals surface area contributed by atoms with Crippen LogP contribution in [-0.4, -0.2) is 24.9 Å². The Balaban J connectivity index is 3.37. The first kappa shape index (κ1) is 13.5. The number of carbonyl (C=O) groups excluding carboxylic acids is 1. The van der Waals surface area contributed by atoms with E-state index in [0.717, 1.165) is 5.56 Å². The summed E-state index contributed by atoms with van der Waals surface area (Å²) in [5.41, 5.74) is 6.49. The second kappa shape index (κ2) is 6.26. The predicted molar refractivity (Wildman–Crippen MR) is 71.0 cm³/mol. The lowest BCUT2D eigenvalue weighted by Gasteiger charge is -2.07. The second-order valence-corrected chi connectivity index (χ2v) is 3.91. The van der Waals surface area contributed by atoms with Crippen molar-refractivity contribution >= 4 is 11.5 Å². The van der Waals surface area contributed by atoms with E-state index in [1.54, 1.807) is 12.3 Å². The summed E-state index contributed by atoms with van der Waals surface area (Å²) in [6.07, 6.45) is 3.47. The number of rotatable bonds is 4. The third-order valence-corrected chi connectivity index (χ3v) is 2.25. The lowest BCUT2D eigenvalue weighted by molar-refractivity contribution is -0.114. The van der Waals surface area contributed by atoms with Gasteiger partial charge in [0.1, 0.15) is 11.6 Å². The number of hydrogen-bond donors (Lipinski definition) is 1. The summed E-state index contributed by atoms with van der Waals surface area (Å²) in [5.74, 6) is -0.722. The standard InChI is InChI=1S/C14H15N3O/c1-17(2)9-8-12(13(10-15)14(16)18)11-6-4-3-5-7-11/h3-9H,1-2H3,(H2,16,18)/b9-8+,13-12+. The zero-order chi connectivity index (χ0) is 13.5. The Bertz CT molecular complexity index is 522. The highest BCUT2D eigenvalue weighted by Crippen LogP contribution is 2.20. The molecule has 4 nitrogen and oxygen atoms in total. The fourth-order valence-corrected chi connectivity index (χ4v) is 1.41. The molecule has 0 atom stereocenters. The van der Waals surface area contributed by atoms with Gasteiger partial charge in [-0.25, -0.2) is 0 Å². The first-order valence-corrected chi connectivity index (χ1v) is 5.40. The summed E-state index contributed by atoms with van der Waals surface area (Å²) < 4.78 is 0. The number of benzene rings is 1. The van der Waals surface area contributed by atoms with Gasteiger partial charge in [-0.2, -0.15) is 5.26 Å². The van der Waals surface area contributed by atoms with Crippen molar-refractivity contribution < 1.29 is 4.79 Å². The zero-order valence-corrected chi connectivity index (χ0v) is 10.4. The maximum absolute atomic E-state index is 11.3. The number of hydrogen-bond acceptors (Lipinski definition) is 3. The Labute approximate surface area is 107 Å². The molecular weight excluding hydrogens is 226 g/mol. The van der Waals surface area contributed by atoms with Crippen LogP contribution in [0.15, 0.2) is 48.2 Å². The maximum Gasteiger partial charge on any atom is 0.259 e. The first-order valence-electron chi connectivity index (χ1n) is 5.40. The van der Waals surface area contributed by atoms with E-state index in [2.05, 4.69) is 0 Å². The molecule has 0 aromatic heterocycles. The monoisotopic (exact) mass is 241 g/mol. The third-order valence-electron chi connectivity index (χ3n) is 2.25. The first-order chi connectivity index (χ1) is 8.56. The van der Waals surface area contributed by atoms with E-state index < -0.39 is 5.91 Å². The molecule has 0 saturated heterocycles. The summed E-state index contributed by atoms with van der Waals surface area (Å²) in [7, 11) is 3.71. The molecule has 2 N–H and O–H groups in total. The minimum absolute atomic E-state index is 0.0423. The van der Waals surface area contributed by atoms with Crippen molar-refractivity contribution in [1.82, 2.24) is 4.90 Å². The Morgan fingerprint density at radius 1 is 1.33 bits per heavy atom. The van der Waals surface area contributed by atoms with Gasteiger partial charge in [0.15, 0.2) is 0 Å². The summed E-state index contributed by atoms with van der Waals surface area (Å²) >= 11 is 0. The van der Waals surface area contributed by atoms with E-state index in [1.807, 2.05) is 55.4 Å². The highest BCUT2D eigenvalue weighted by molar-refractivity contribution is 6.05. The molecule has 0 unspecified atom stereocenters. The number of nitriles is 1. The van der Waals surface area contributed by atoms with Crippen molar-refractivity contribution in [2.45, 2.75) is 0 Å². The lowest BCUT2D eigenvalue weighted by Crippen LogP contribution is -2.14. The van der Waals surface area contributed by atoms with Crippen LogP contribution in [0.3, 0.4) is 0 Å². The molecular formula is C14H15N3O. The normalized spacial score (nSPS) is 11.8. The summed E-state index contributed by atoms with van der Waals surface area (Å²) in [6, 6.07) is 11.1. The molecule has 0 aliphatic heterocycles. The minimum atomic E-state index is -0.722. The van der Waals surface area contributed by atoms with Gasteiger partial charge in [0.05, 0.1) is 0 Å². The van der Waals surface area contributed by atoms with Crippen molar-refractivity contribution in [1.29, 1.82) is 5.26 Å². The van der Waals surface area contributed by atoms with Crippen LogP contribution in [0, 0.1) is 11.3 Å². The maximum atomic E-state index is 11.3. The second-order valence-electron chi connectivity index (χ2n) is 3.91. The lowest BCUT2D eigenvalue weighted by atomic mass is 10.00. The van der Waals surface area contributed by atoms with Crippen LogP contribution in [-0.2, 0) is 4.79 Å². The molecule has 4 heteroatoms. The molecule has 0 fully saturated rings. The smallest absolute Gasteiger partial charge is 0.259 e. The number of amides is 1. The van der Waals surface area contributed by atoms with Gasteiger partial charge in [-0.15, -0.1) is 0 Å². The molecule has 1 aromatic carbocycles. The Morgan fingerprint density at radius 3 is 2.39 bits per heavy atom. The topological polar surface area (TPSA) is 70.1 Å². The number of nitrogens with two attached hydrogens (primary N) is 1. The Hall–Kier alpha value is -2.54. The van der Waals surface area contributed by atoms with E-state index in [4.69, 9.17) is 11.0 Å². The number of primary amides is 1. The summed E-state index contributed by atoms with van der Waals surface area (Å²) in [4.78, 5) is 13.1. The van der Waals surface area contributed by atoms with Crippen LogP contribution in [0.2, 0.25) is 0 Å². The van der Waals surface area contributed by atoms with E-state index in [1.165, 1.54) is 0 Å². The molecule has 92 valence electrons. The fraction of sp³-hybridized carbons (Fsp3) is 0.143. The molecule has 0 bridgehead atoms. The molecule has 1 aromatic rings. The number of allylic oxidation sites excluding steroid dienone is 2. The van der Waals surface area contributed by atoms with Gasteiger partial charge in [-0.05, 0) is 17.8 Å². The predicted octanol–water partition coefficient (Wildman–Crippen LogP) is 1.52. The van der Waals surface area contributed by atoms with Crippen molar-refractivity contribution in [2.75, 3.05) is 14.1 Å². The largest absolute Gasteiger partial charge is 0.383 e. The molecule has 0 heterocycles. The van der Waals surface area contributed by atoms with Crippen LogP contribution in [0.4, 0.5) is 0 Å². The summed E-state index contributed by atoms with van der Waals surface area (Å²) in [6.45, 7) is 0. The summed E-state index contributed by atoms with van der Waals surface area (Å²) in [5, 5.41) is 9.04. The van der Waals surface area contributed by atoms with E-state index in [-0.39, 0.29) is 5.57 Å². The van der Waals surface area contributed by atoms with Gasteiger partial charge in [0, 0.05) is 19.7 Å². The molecule has 1 rings (SSSR count). The molecule has 0 aliphatic rings. The molecule has 0 radical (unpaired) electrons. The van der Waals surface area contributed by atoms with Gasteiger partial charge in [0.25, 0.3) is 5.91 Å². The molecule has 0 aliphatic carbocycles. The van der Waals surface area contributed by atoms with Crippen molar-refractivity contribution in [3.05, 3.63) is 53.7 Å². The average molecular weight is 241 g/mol. The van der Waals surface area contributed by atoms with E-state index >= 15 is 0 Å². The molecule has 1 amide bonds. The Kier molecular flexibility index (Phi) is 4.70. The quantitative estimate of drug-likeness (QED) is 0.493. The van der Waals surface area contributed by atoms with Crippen molar-refractivity contribution in [3.8, 4) is 6.07 Å². The fourth-order valence-electron chi connectivity index (χ4n) is 1.41. The average Bonchev–Trinajstić information content (AvgIpc) is 2.34. The molecule has 0 saturated carbocycles. The SMILES string of the molecule is CN(C)/C=C/C(=C(/C#N)C(N)=O)c1ccccc1. The number of carbonyl (C=O) groups is 1. The van der Waals surface area contributed by atoms with E-state index in [0.29, 0.717) is 5.57 Å². The van der Waals surface area contributed by atoms with Crippen molar-refractivity contribution in [3.63, 3.8) is 0 Å². The van der Waals surface area contributed by atoms with Crippen LogP contribution < -0.4 is 5.73 Å². The van der Waals surface area contributed by atoms with Crippen LogP contribution in [0.1, 0.15) is 5.56 Å². The zero-order valence-electron chi connectivity index (χ0n) is 10.4. The van der Waals surface area contributed by atoms with Gasteiger partial charge in [0.2, 0.25) is 0 Å². The van der Waals surface area contributed by atoms with Gasteiger partial charge >= 0.3 is 0 Å². The Morgan fingerprint density at radius 2 is 1.94 bits per heavy atom. The van der Waals surface area contributed by atoms with Crippen LogP contribution in [0.5, 0.6) is 0 Å². The molecule has 0 spiro atoms.